The number of likely N-dealkylation sites (tertiary alicyclic amines) is 1. The molecule has 0 aliphatic carbocycles. The van der Waals surface area contributed by atoms with Gasteiger partial charge in [0.2, 0.25) is 11.8 Å². The van der Waals surface area contributed by atoms with Crippen LogP contribution in [0.1, 0.15) is 42.5 Å². The van der Waals surface area contributed by atoms with Gasteiger partial charge in [-0.25, -0.2) is 4.98 Å². The number of pyridine rings is 1. The lowest BCUT2D eigenvalue weighted by Crippen LogP contribution is -2.38. The van der Waals surface area contributed by atoms with Crippen molar-refractivity contribution in [3.8, 4) is 0 Å². The maximum Gasteiger partial charge on any atom is 0.257 e. The second-order valence-corrected chi connectivity index (χ2v) is 7.23. The Labute approximate surface area is 146 Å². The van der Waals surface area contributed by atoms with E-state index in [4.69, 9.17) is 0 Å². The van der Waals surface area contributed by atoms with E-state index in [2.05, 4.69) is 10.3 Å². The fourth-order valence-corrected chi connectivity index (χ4v) is 4.16. The Bertz CT molecular complexity index is 729. The van der Waals surface area contributed by atoms with Gasteiger partial charge >= 0.3 is 0 Å². The van der Waals surface area contributed by atoms with Crippen molar-refractivity contribution in [3.63, 3.8) is 0 Å². The van der Waals surface area contributed by atoms with Gasteiger partial charge in [0, 0.05) is 38.8 Å². The van der Waals surface area contributed by atoms with Gasteiger partial charge in [-0.3, -0.25) is 19.7 Å². The lowest BCUT2D eigenvalue weighted by molar-refractivity contribution is -0.127. The molecule has 0 bridgehead atoms. The number of hydrogen-bond donors (Lipinski definition) is 1. The Morgan fingerprint density at radius 3 is 2.68 bits per heavy atom. The van der Waals surface area contributed by atoms with E-state index in [1.165, 1.54) is 6.42 Å². The number of amides is 3. The molecule has 4 rings (SSSR count). The first kappa shape index (κ1) is 16.1. The fraction of sp³-hybridized carbons (Fsp3) is 0.556. The largest absolute Gasteiger partial charge is 0.355 e. The molecule has 3 aliphatic heterocycles. The first-order chi connectivity index (χ1) is 12.1. The summed E-state index contributed by atoms with van der Waals surface area (Å²) in [7, 11) is 0. The summed E-state index contributed by atoms with van der Waals surface area (Å²) >= 11 is 0. The Kier molecular flexibility index (Phi) is 3.94. The number of rotatable bonds is 2. The first-order valence-corrected chi connectivity index (χ1v) is 8.93. The Hall–Kier alpha value is -2.44. The van der Waals surface area contributed by atoms with Crippen LogP contribution in [0.2, 0.25) is 0 Å². The van der Waals surface area contributed by atoms with Crippen molar-refractivity contribution < 1.29 is 14.4 Å². The average molecular weight is 342 g/mol. The van der Waals surface area contributed by atoms with Crippen LogP contribution in [0.3, 0.4) is 0 Å². The summed E-state index contributed by atoms with van der Waals surface area (Å²) in [4.78, 5) is 45.1. The molecule has 0 radical (unpaired) electrons. The topological polar surface area (TPSA) is 82.6 Å². The minimum Gasteiger partial charge on any atom is -0.355 e. The molecule has 7 nitrogen and oxygen atoms in total. The number of carbonyl (C=O) groups excluding carboxylic acids is 3. The van der Waals surface area contributed by atoms with E-state index >= 15 is 0 Å². The van der Waals surface area contributed by atoms with Crippen molar-refractivity contribution in [2.45, 2.75) is 32.1 Å². The highest BCUT2D eigenvalue weighted by atomic mass is 16.2. The predicted octanol–water partition coefficient (Wildman–Crippen LogP) is 0.951. The molecule has 1 spiro atoms. The fourth-order valence-electron chi connectivity index (χ4n) is 4.16. The molecule has 0 aromatic carbocycles. The van der Waals surface area contributed by atoms with Crippen molar-refractivity contribution in [3.05, 3.63) is 23.9 Å². The third-order valence-electron chi connectivity index (χ3n) is 5.55. The molecule has 1 aromatic heterocycles. The number of aromatic nitrogens is 1. The minimum atomic E-state index is -0.667. The molecule has 3 saturated heterocycles. The summed E-state index contributed by atoms with van der Waals surface area (Å²) in [6, 6.07) is 3.59. The van der Waals surface area contributed by atoms with Crippen LogP contribution < -0.4 is 10.2 Å². The summed E-state index contributed by atoms with van der Waals surface area (Å²) in [5, 5.41) is 2.41. The molecule has 1 atom stereocenters. The highest BCUT2D eigenvalue weighted by Crippen LogP contribution is 2.39. The van der Waals surface area contributed by atoms with Crippen LogP contribution >= 0.6 is 0 Å². The summed E-state index contributed by atoms with van der Waals surface area (Å²) in [6.07, 6.45) is 5.75. The highest BCUT2D eigenvalue weighted by Gasteiger charge is 2.51. The Morgan fingerprint density at radius 1 is 1.16 bits per heavy atom. The molecule has 3 aliphatic rings. The van der Waals surface area contributed by atoms with E-state index in [1.807, 2.05) is 15.9 Å². The van der Waals surface area contributed by atoms with E-state index in [0.29, 0.717) is 30.9 Å². The van der Waals surface area contributed by atoms with Crippen molar-refractivity contribution in [1.82, 2.24) is 15.2 Å². The number of imide groups is 1. The Morgan fingerprint density at radius 2 is 1.96 bits per heavy atom. The van der Waals surface area contributed by atoms with Gasteiger partial charge in [-0.15, -0.1) is 0 Å². The first-order valence-electron chi connectivity index (χ1n) is 8.93. The number of anilines is 1. The number of nitrogens with zero attached hydrogens (tertiary/aromatic N) is 3. The van der Waals surface area contributed by atoms with Crippen LogP contribution in [0.25, 0.3) is 0 Å². The van der Waals surface area contributed by atoms with Crippen LogP contribution in [0.4, 0.5) is 5.82 Å². The average Bonchev–Trinajstić information content (AvgIpc) is 3.18. The molecule has 1 N–H and O–H groups in total. The quantitative estimate of drug-likeness (QED) is 0.809. The molecule has 132 valence electrons. The molecule has 7 heteroatoms. The van der Waals surface area contributed by atoms with Crippen molar-refractivity contribution in [2.24, 2.45) is 5.41 Å². The molecule has 3 amide bonds. The van der Waals surface area contributed by atoms with Crippen molar-refractivity contribution >= 4 is 23.5 Å². The summed E-state index contributed by atoms with van der Waals surface area (Å²) in [6.45, 7) is 2.63. The smallest absolute Gasteiger partial charge is 0.257 e. The van der Waals surface area contributed by atoms with Crippen LogP contribution in [0, 0.1) is 5.41 Å². The van der Waals surface area contributed by atoms with Crippen molar-refractivity contribution in [1.29, 1.82) is 0 Å². The second-order valence-electron chi connectivity index (χ2n) is 7.23. The van der Waals surface area contributed by atoms with Gasteiger partial charge in [0.25, 0.3) is 5.91 Å². The van der Waals surface area contributed by atoms with Crippen molar-refractivity contribution in [2.75, 3.05) is 31.1 Å². The standard InChI is InChI=1S/C18H22N4O3/c23-14-11-18(17(25)20-14)6-10-22(12-18)15-13(5-4-7-19-15)16(24)21-8-2-1-3-9-21/h4-5,7H,1-3,6,8-12H2,(H,20,23,25)/t18-/m1/s1. The highest BCUT2D eigenvalue weighted by molar-refractivity contribution is 6.06. The Balaban J connectivity index is 1.58. The minimum absolute atomic E-state index is 0.00991. The van der Waals surface area contributed by atoms with E-state index in [1.54, 1.807) is 12.3 Å². The normalized spacial score (nSPS) is 26.4. The number of hydrogen-bond acceptors (Lipinski definition) is 5. The molecule has 0 unspecified atom stereocenters. The van der Waals surface area contributed by atoms with Gasteiger partial charge in [0.1, 0.15) is 5.82 Å². The second kappa shape index (κ2) is 6.13. The monoisotopic (exact) mass is 342 g/mol. The number of nitrogens with one attached hydrogen (secondary N) is 1. The molecule has 0 saturated carbocycles. The van der Waals surface area contributed by atoms with E-state index in [0.717, 1.165) is 25.9 Å². The molecular formula is C18H22N4O3. The molecule has 4 heterocycles. The zero-order valence-electron chi connectivity index (χ0n) is 14.2. The summed E-state index contributed by atoms with van der Waals surface area (Å²) < 4.78 is 0. The lowest BCUT2D eigenvalue weighted by Gasteiger charge is -2.29. The molecule has 1 aromatic rings. The number of carbonyl (C=O) groups is 3. The van der Waals surface area contributed by atoms with E-state index < -0.39 is 5.41 Å². The van der Waals surface area contributed by atoms with Gasteiger partial charge in [-0.2, -0.15) is 0 Å². The van der Waals surface area contributed by atoms with E-state index in [9.17, 15) is 14.4 Å². The van der Waals surface area contributed by atoms with Gasteiger partial charge in [-0.1, -0.05) is 0 Å². The van der Waals surface area contributed by atoms with Gasteiger partial charge in [-0.05, 0) is 37.8 Å². The van der Waals surface area contributed by atoms with Crippen LogP contribution in [0.5, 0.6) is 0 Å². The van der Waals surface area contributed by atoms with Gasteiger partial charge in [0.05, 0.1) is 11.0 Å². The molecule has 3 fully saturated rings. The van der Waals surface area contributed by atoms with Crippen LogP contribution in [-0.4, -0.2) is 53.8 Å². The van der Waals surface area contributed by atoms with E-state index in [-0.39, 0.29) is 24.1 Å². The lowest BCUT2D eigenvalue weighted by atomic mass is 9.85. The maximum atomic E-state index is 12.9. The zero-order valence-corrected chi connectivity index (χ0v) is 14.2. The maximum absolute atomic E-state index is 12.9. The van der Waals surface area contributed by atoms with Crippen LogP contribution in [-0.2, 0) is 9.59 Å². The SMILES string of the molecule is O=C1C[C@@]2(CCN(c3ncccc3C(=O)N3CCCCC3)C2)C(=O)N1. The summed E-state index contributed by atoms with van der Waals surface area (Å²) in [5.41, 5.74) is -0.0776. The number of piperidine rings is 1. The third-order valence-corrected chi connectivity index (χ3v) is 5.55. The zero-order chi connectivity index (χ0) is 17.4. The van der Waals surface area contributed by atoms with Crippen LogP contribution in [0.15, 0.2) is 18.3 Å². The van der Waals surface area contributed by atoms with Gasteiger partial charge < -0.3 is 9.80 Å². The molecular weight excluding hydrogens is 320 g/mol. The predicted molar refractivity (Wildman–Crippen MR) is 91.0 cm³/mol. The summed E-state index contributed by atoms with van der Waals surface area (Å²) in [5.74, 6) is 0.232. The third kappa shape index (κ3) is 2.77. The van der Waals surface area contributed by atoms with Gasteiger partial charge in [0.15, 0.2) is 0 Å². The molecule has 25 heavy (non-hydrogen) atoms.